The number of thiazole rings is 1. The molecule has 2 nitrogen and oxygen atoms in total. The molecule has 0 bridgehead atoms. The molecule has 0 fully saturated rings. The molecule has 0 aromatic carbocycles. The van der Waals surface area contributed by atoms with Crippen molar-refractivity contribution in [3.63, 3.8) is 0 Å². The zero-order valence-electron chi connectivity index (χ0n) is 10.3. The lowest BCUT2D eigenvalue weighted by molar-refractivity contribution is -0.141. The molecule has 0 saturated carbocycles. The summed E-state index contributed by atoms with van der Waals surface area (Å²) in [4.78, 5) is 4.80. The monoisotopic (exact) mass is 306 g/mol. The summed E-state index contributed by atoms with van der Waals surface area (Å²) in [6.45, 7) is 2.89. The van der Waals surface area contributed by atoms with Crippen molar-refractivity contribution in [2.75, 3.05) is 6.54 Å². The van der Waals surface area contributed by atoms with Gasteiger partial charge in [-0.05, 0) is 24.4 Å². The van der Waals surface area contributed by atoms with Gasteiger partial charge in [-0.3, -0.25) is 0 Å². The minimum atomic E-state index is -4.39. The number of rotatable bonds is 5. The van der Waals surface area contributed by atoms with Crippen LogP contribution in [0.1, 0.15) is 23.9 Å². The Kier molecular flexibility index (Phi) is 4.59. The zero-order chi connectivity index (χ0) is 13.9. The number of thiophene rings is 1. The predicted molar refractivity (Wildman–Crippen MR) is 72.4 cm³/mol. The van der Waals surface area contributed by atoms with Crippen LogP contribution in [0.5, 0.6) is 0 Å². The Bertz CT molecular complexity index is 518. The van der Waals surface area contributed by atoms with Crippen molar-refractivity contribution in [2.24, 2.45) is 0 Å². The van der Waals surface area contributed by atoms with Crippen LogP contribution in [-0.2, 0) is 12.7 Å². The van der Waals surface area contributed by atoms with Crippen molar-refractivity contribution in [3.05, 3.63) is 28.1 Å². The third kappa shape index (κ3) is 3.55. The molecule has 104 valence electrons. The van der Waals surface area contributed by atoms with Gasteiger partial charge in [-0.1, -0.05) is 13.0 Å². The summed E-state index contributed by atoms with van der Waals surface area (Å²) in [5.41, 5.74) is -0.760. The quantitative estimate of drug-likeness (QED) is 0.829. The first-order valence-corrected chi connectivity index (χ1v) is 7.53. The first-order chi connectivity index (χ1) is 9.02. The maximum atomic E-state index is 12.9. The van der Waals surface area contributed by atoms with Gasteiger partial charge in [0.25, 0.3) is 0 Å². The largest absolute Gasteiger partial charge is 0.434 e. The predicted octanol–water partition coefficient (Wildman–Crippen LogP) is 4.39. The second-order valence-electron chi connectivity index (χ2n) is 3.94. The lowest BCUT2D eigenvalue weighted by atomic mass is 10.3. The fraction of sp³-hybridized carbons (Fsp3) is 0.417. The van der Waals surface area contributed by atoms with E-state index in [0.29, 0.717) is 11.6 Å². The van der Waals surface area contributed by atoms with Gasteiger partial charge in [0.15, 0.2) is 5.69 Å². The van der Waals surface area contributed by atoms with E-state index >= 15 is 0 Å². The molecular weight excluding hydrogens is 293 g/mol. The summed E-state index contributed by atoms with van der Waals surface area (Å²) in [5.74, 6) is 0. The average molecular weight is 306 g/mol. The number of nitrogens with zero attached hydrogens (tertiary/aromatic N) is 1. The lowest BCUT2D eigenvalue weighted by Crippen LogP contribution is -2.17. The van der Waals surface area contributed by atoms with E-state index in [1.807, 2.05) is 18.4 Å². The fourth-order valence-electron chi connectivity index (χ4n) is 1.58. The first-order valence-electron chi connectivity index (χ1n) is 5.84. The van der Waals surface area contributed by atoms with Crippen LogP contribution in [0.4, 0.5) is 13.2 Å². The molecule has 0 radical (unpaired) electrons. The molecule has 0 aliphatic heterocycles. The van der Waals surface area contributed by atoms with E-state index in [0.717, 1.165) is 22.6 Å². The highest BCUT2D eigenvalue weighted by Crippen LogP contribution is 2.38. The van der Waals surface area contributed by atoms with Gasteiger partial charge >= 0.3 is 6.18 Å². The Hall–Kier alpha value is -0.920. The van der Waals surface area contributed by atoms with Gasteiger partial charge in [0.05, 0.1) is 9.75 Å². The van der Waals surface area contributed by atoms with Gasteiger partial charge in [0.2, 0.25) is 0 Å². The molecule has 0 aliphatic carbocycles. The van der Waals surface area contributed by atoms with E-state index in [2.05, 4.69) is 10.3 Å². The normalized spacial score (nSPS) is 12.0. The van der Waals surface area contributed by atoms with Gasteiger partial charge in [0.1, 0.15) is 5.01 Å². The summed E-state index contributed by atoms with van der Waals surface area (Å²) >= 11 is 2.51. The maximum Gasteiger partial charge on any atom is 0.434 e. The average Bonchev–Trinajstić information content (AvgIpc) is 2.96. The van der Waals surface area contributed by atoms with Gasteiger partial charge in [-0.2, -0.15) is 13.2 Å². The standard InChI is InChI=1S/C12H13F3N2S2/c1-2-5-16-7-9-10(12(13,14)15)17-11(19-9)8-4-3-6-18-8/h3-4,6,16H,2,5,7H2,1H3. The fourth-order valence-corrected chi connectivity index (χ4v) is 3.43. The Balaban J connectivity index is 2.29. The van der Waals surface area contributed by atoms with Gasteiger partial charge in [-0.25, -0.2) is 4.98 Å². The lowest BCUT2D eigenvalue weighted by Gasteiger charge is -2.06. The molecule has 2 heterocycles. The Labute approximate surface area is 117 Å². The van der Waals surface area contributed by atoms with E-state index in [4.69, 9.17) is 0 Å². The molecule has 1 N–H and O–H groups in total. The van der Waals surface area contributed by atoms with E-state index in [-0.39, 0.29) is 11.4 Å². The Morgan fingerprint density at radius 1 is 1.37 bits per heavy atom. The van der Waals surface area contributed by atoms with Crippen LogP contribution in [0, 0.1) is 0 Å². The van der Waals surface area contributed by atoms with Crippen LogP contribution >= 0.6 is 22.7 Å². The van der Waals surface area contributed by atoms with E-state index in [9.17, 15) is 13.2 Å². The highest BCUT2D eigenvalue weighted by molar-refractivity contribution is 7.21. The summed E-state index contributed by atoms with van der Waals surface area (Å²) in [6.07, 6.45) is -3.51. The molecule has 19 heavy (non-hydrogen) atoms. The first kappa shape index (κ1) is 14.5. The summed E-state index contributed by atoms with van der Waals surface area (Å²) in [5, 5.41) is 5.27. The minimum Gasteiger partial charge on any atom is -0.312 e. The third-order valence-corrected chi connectivity index (χ3v) is 4.50. The minimum absolute atomic E-state index is 0.214. The molecule has 0 amide bonds. The summed E-state index contributed by atoms with van der Waals surface area (Å²) in [6, 6.07) is 3.59. The van der Waals surface area contributed by atoms with Crippen LogP contribution in [0.3, 0.4) is 0 Å². The topological polar surface area (TPSA) is 24.9 Å². The number of aromatic nitrogens is 1. The molecule has 2 rings (SSSR count). The number of nitrogens with one attached hydrogen (secondary N) is 1. The molecule has 0 unspecified atom stereocenters. The highest BCUT2D eigenvalue weighted by atomic mass is 32.1. The SMILES string of the molecule is CCCNCc1sc(-c2cccs2)nc1C(F)(F)F. The molecular formula is C12H13F3N2S2. The van der Waals surface area contributed by atoms with Crippen LogP contribution in [0.2, 0.25) is 0 Å². The second kappa shape index (κ2) is 6.02. The molecule has 0 spiro atoms. The number of halogens is 3. The van der Waals surface area contributed by atoms with Crippen molar-refractivity contribution < 1.29 is 13.2 Å². The molecule has 2 aromatic heterocycles. The smallest absolute Gasteiger partial charge is 0.312 e. The number of hydrogen-bond acceptors (Lipinski definition) is 4. The molecule has 0 aliphatic rings. The third-order valence-electron chi connectivity index (χ3n) is 2.41. The highest BCUT2D eigenvalue weighted by Gasteiger charge is 2.37. The number of hydrogen-bond donors (Lipinski definition) is 1. The Morgan fingerprint density at radius 3 is 2.74 bits per heavy atom. The van der Waals surface area contributed by atoms with Crippen LogP contribution in [0.25, 0.3) is 9.88 Å². The van der Waals surface area contributed by atoms with Crippen molar-refractivity contribution in [2.45, 2.75) is 26.1 Å². The van der Waals surface area contributed by atoms with Crippen molar-refractivity contribution in [3.8, 4) is 9.88 Å². The van der Waals surface area contributed by atoms with Crippen LogP contribution in [-0.4, -0.2) is 11.5 Å². The van der Waals surface area contributed by atoms with Crippen LogP contribution < -0.4 is 5.32 Å². The van der Waals surface area contributed by atoms with Crippen molar-refractivity contribution in [1.82, 2.24) is 10.3 Å². The van der Waals surface area contributed by atoms with Crippen molar-refractivity contribution >= 4 is 22.7 Å². The van der Waals surface area contributed by atoms with Gasteiger partial charge in [0, 0.05) is 6.54 Å². The molecule has 0 atom stereocenters. The van der Waals surface area contributed by atoms with Crippen molar-refractivity contribution in [1.29, 1.82) is 0 Å². The van der Waals surface area contributed by atoms with Crippen LogP contribution in [0.15, 0.2) is 17.5 Å². The zero-order valence-corrected chi connectivity index (χ0v) is 11.9. The Morgan fingerprint density at radius 2 is 2.16 bits per heavy atom. The molecule has 0 saturated heterocycles. The summed E-state index contributed by atoms with van der Waals surface area (Å²) < 4.78 is 38.8. The second-order valence-corrected chi connectivity index (χ2v) is 5.97. The van der Waals surface area contributed by atoms with Gasteiger partial charge in [-0.15, -0.1) is 22.7 Å². The maximum absolute atomic E-state index is 12.9. The summed E-state index contributed by atoms with van der Waals surface area (Å²) in [7, 11) is 0. The molecule has 2 aromatic rings. The van der Waals surface area contributed by atoms with E-state index in [1.165, 1.54) is 11.3 Å². The van der Waals surface area contributed by atoms with Gasteiger partial charge < -0.3 is 5.32 Å². The van der Waals surface area contributed by atoms with E-state index in [1.54, 1.807) is 6.07 Å². The number of alkyl halides is 3. The van der Waals surface area contributed by atoms with E-state index < -0.39 is 11.9 Å². The molecule has 7 heteroatoms.